The van der Waals surface area contributed by atoms with E-state index in [9.17, 15) is 19.2 Å². The molecule has 0 aromatic carbocycles. The average molecular weight is 1020 g/mol. The summed E-state index contributed by atoms with van der Waals surface area (Å²) in [4.78, 5) is 58.0. The maximum absolute atomic E-state index is 14.2. The fourth-order valence-electron chi connectivity index (χ4n) is 8.99. The van der Waals surface area contributed by atoms with Crippen molar-refractivity contribution < 1.29 is 38.1 Å². The van der Waals surface area contributed by atoms with Crippen molar-refractivity contribution in [2.45, 2.75) is 279 Å². The third-order valence-corrected chi connectivity index (χ3v) is 13.7. The van der Waals surface area contributed by atoms with Gasteiger partial charge in [-0.15, -0.1) is 0 Å². The van der Waals surface area contributed by atoms with Crippen molar-refractivity contribution in [2.75, 3.05) is 59.2 Å². The third-order valence-electron chi connectivity index (χ3n) is 13.7. The fraction of sp³-hybridized carbons (Fsp3) is 0.869. The highest BCUT2D eigenvalue weighted by Crippen LogP contribution is 2.20. The number of ether oxygens (including phenoxy) is 4. The Labute approximate surface area is 443 Å². The van der Waals surface area contributed by atoms with Crippen LogP contribution in [0.3, 0.4) is 0 Å². The lowest BCUT2D eigenvalue weighted by Crippen LogP contribution is -2.51. The second kappa shape index (κ2) is 53.1. The molecule has 2 atom stereocenters. The predicted molar refractivity (Wildman–Crippen MR) is 301 cm³/mol. The SMILES string of the molecule is CC/C=C\CCCCOC(CCC(=O)OCCCN(C(=O)CCN(CC)CC)C(CCCCCCCCC(=O)OCC(CCCC)CCCCCC)C(=O)NCCCCCCCC)OCCCC/C=C\CC. The second-order valence-corrected chi connectivity index (χ2v) is 20.2. The van der Waals surface area contributed by atoms with Gasteiger partial charge in [-0.2, -0.15) is 0 Å². The molecule has 0 aliphatic heterocycles. The number of allylic oxidation sites excluding steroid dienone is 4. The van der Waals surface area contributed by atoms with Crippen molar-refractivity contribution in [1.82, 2.24) is 15.1 Å². The van der Waals surface area contributed by atoms with Crippen LogP contribution in [0.4, 0.5) is 0 Å². The minimum absolute atomic E-state index is 0.0343. The number of carbonyl (C=O) groups excluding carboxylic acids is 4. The zero-order valence-electron chi connectivity index (χ0n) is 48.1. The van der Waals surface area contributed by atoms with Gasteiger partial charge in [0.2, 0.25) is 11.8 Å². The van der Waals surface area contributed by atoms with Gasteiger partial charge in [-0.1, -0.05) is 176 Å². The molecule has 0 aliphatic rings. The molecular formula is C61H115N3O8. The average Bonchev–Trinajstić information content (AvgIpc) is 3.38. The lowest BCUT2D eigenvalue weighted by molar-refractivity contribution is -0.159. The van der Waals surface area contributed by atoms with E-state index in [0.29, 0.717) is 77.5 Å². The first-order valence-electron chi connectivity index (χ1n) is 30.3. The molecule has 422 valence electrons. The van der Waals surface area contributed by atoms with Gasteiger partial charge in [-0.3, -0.25) is 19.2 Å². The van der Waals surface area contributed by atoms with E-state index in [1.807, 2.05) is 0 Å². The highest BCUT2D eigenvalue weighted by Gasteiger charge is 2.29. The Morgan fingerprint density at radius 2 is 1.01 bits per heavy atom. The van der Waals surface area contributed by atoms with Crippen LogP contribution in [0, 0.1) is 5.92 Å². The Hall–Kier alpha value is -2.76. The van der Waals surface area contributed by atoms with Gasteiger partial charge in [-0.05, 0) is 109 Å². The van der Waals surface area contributed by atoms with Crippen molar-refractivity contribution >= 4 is 23.8 Å². The van der Waals surface area contributed by atoms with Crippen LogP contribution in [-0.4, -0.2) is 105 Å². The topological polar surface area (TPSA) is 124 Å². The summed E-state index contributed by atoms with van der Waals surface area (Å²) >= 11 is 0. The van der Waals surface area contributed by atoms with Gasteiger partial charge in [0.05, 0.1) is 19.6 Å². The van der Waals surface area contributed by atoms with E-state index >= 15 is 0 Å². The van der Waals surface area contributed by atoms with Crippen LogP contribution in [0.25, 0.3) is 0 Å². The monoisotopic (exact) mass is 1020 g/mol. The molecular weight excluding hydrogens is 903 g/mol. The second-order valence-electron chi connectivity index (χ2n) is 20.2. The van der Waals surface area contributed by atoms with E-state index in [0.717, 1.165) is 135 Å². The molecule has 0 saturated heterocycles. The number of nitrogens with one attached hydrogen (secondary N) is 1. The molecule has 0 spiro atoms. The number of hydrogen-bond donors (Lipinski definition) is 1. The lowest BCUT2D eigenvalue weighted by Gasteiger charge is -2.32. The van der Waals surface area contributed by atoms with E-state index in [1.165, 1.54) is 57.8 Å². The van der Waals surface area contributed by atoms with Gasteiger partial charge in [0, 0.05) is 52.1 Å². The predicted octanol–water partition coefficient (Wildman–Crippen LogP) is 15.2. The molecule has 0 radical (unpaired) electrons. The molecule has 11 nitrogen and oxygen atoms in total. The van der Waals surface area contributed by atoms with Crippen LogP contribution in [-0.2, 0) is 38.1 Å². The first kappa shape index (κ1) is 69.2. The molecule has 2 unspecified atom stereocenters. The molecule has 72 heavy (non-hydrogen) atoms. The van der Waals surface area contributed by atoms with E-state index in [4.69, 9.17) is 18.9 Å². The number of esters is 2. The number of amides is 2. The Morgan fingerprint density at radius 3 is 1.62 bits per heavy atom. The Balaban J connectivity index is 5.55. The summed E-state index contributed by atoms with van der Waals surface area (Å²) in [5, 5.41) is 3.21. The quantitative estimate of drug-likeness (QED) is 0.0274. The molecule has 0 saturated carbocycles. The Bertz CT molecular complexity index is 1280. The summed E-state index contributed by atoms with van der Waals surface area (Å²) in [5.74, 6) is -0.0283. The van der Waals surface area contributed by atoms with Crippen molar-refractivity contribution in [2.24, 2.45) is 5.92 Å². The summed E-state index contributed by atoms with van der Waals surface area (Å²) in [6.45, 7) is 20.3. The van der Waals surface area contributed by atoms with Gasteiger partial charge in [-0.25, -0.2) is 0 Å². The number of nitrogens with zero attached hydrogens (tertiary/aromatic N) is 2. The van der Waals surface area contributed by atoms with Gasteiger partial charge >= 0.3 is 11.9 Å². The molecule has 0 heterocycles. The summed E-state index contributed by atoms with van der Waals surface area (Å²) in [6.07, 6.45) is 40.9. The molecule has 0 fully saturated rings. The maximum atomic E-state index is 14.2. The van der Waals surface area contributed by atoms with Crippen molar-refractivity contribution in [3.63, 3.8) is 0 Å². The zero-order valence-corrected chi connectivity index (χ0v) is 48.1. The molecule has 11 heteroatoms. The summed E-state index contributed by atoms with van der Waals surface area (Å²) < 4.78 is 23.8. The fourth-order valence-corrected chi connectivity index (χ4v) is 8.99. The zero-order chi connectivity index (χ0) is 53.0. The maximum Gasteiger partial charge on any atom is 0.305 e. The highest BCUT2D eigenvalue weighted by molar-refractivity contribution is 5.87. The summed E-state index contributed by atoms with van der Waals surface area (Å²) in [7, 11) is 0. The summed E-state index contributed by atoms with van der Waals surface area (Å²) in [6, 6.07) is -0.590. The number of unbranched alkanes of at least 4 members (excludes halogenated alkanes) is 18. The third kappa shape index (κ3) is 42.6. The Morgan fingerprint density at radius 1 is 0.472 bits per heavy atom. The van der Waals surface area contributed by atoms with Crippen molar-refractivity contribution in [3.8, 4) is 0 Å². The van der Waals surface area contributed by atoms with E-state index in [-0.39, 0.29) is 36.8 Å². The first-order valence-corrected chi connectivity index (χ1v) is 30.3. The molecule has 1 N–H and O–H groups in total. The minimum atomic E-state index is -0.590. The molecule has 0 aromatic rings. The van der Waals surface area contributed by atoms with Crippen LogP contribution in [0.15, 0.2) is 24.3 Å². The van der Waals surface area contributed by atoms with Crippen LogP contribution in [0.5, 0.6) is 0 Å². The molecule has 0 bridgehead atoms. The van der Waals surface area contributed by atoms with Crippen molar-refractivity contribution in [1.29, 1.82) is 0 Å². The summed E-state index contributed by atoms with van der Waals surface area (Å²) in [5.41, 5.74) is 0. The largest absolute Gasteiger partial charge is 0.466 e. The van der Waals surface area contributed by atoms with Crippen LogP contribution in [0.1, 0.15) is 267 Å². The van der Waals surface area contributed by atoms with Gasteiger partial charge in [0.1, 0.15) is 6.04 Å². The standard InChI is InChI=1S/C61H115N3O8/c1-8-15-20-24-31-37-48-62-61(68)56(43-35-29-27-28-30-36-44-58(66)72-54-55(41-19-12-5)42-34-23-18-11-4)64(57(65)47-50-63(13-6)14-7)49-40-53-69-59(67)45-46-60(70-51-38-32-25-21-16-9-2)71-52-39-33-26-22-17-10-3/h16-17,21-22,55-56,60H,8-15,18-20,23-54H2,1-7H3,(H,62,68)/b21-16-,22-17-. The number of carbonyl (C=O) groups is 4. The van der Waals surface area contributed by atoms with Gasteiger partial charge in [0.15, 0.2) is 6.29 Å². The van der Waals surface area contributed by atoms with Gasteiger partial charge in [0.25, 0.3) is 0 Å². The molecule has 0 rings (SSSR count). The van der Waals surface area contributed by atoms with Crippen LogP contribution in [0.2, 0.25) is 0 Å². The molecule has 0 aliphatic carbocycles. The minimum Gasteiger partial charge on any atom is -0.466 e. The van der Waals surface area contributed by atoms with Crippen LogP contribution >= 0.6 is 0 Å². The van der Waals surface area contributed by atoms with Gasteiger partial charge < -0.3 is 34.1 Å². The van der Waals surface area contributed by atoms with E-state index < -0.39 is 12.3 Å². The van der Waals surface area contributed by atoms with E-state index in [1.54, 1.807) is 4.90 Å². The highest BCUT2D eigenvalue weighted by atomic mass is 16.7. The van der Waals surface area contributed by atoms with Crippen LogP contribution < -0.4 is 5.32 Å². The Kier molecular flexibility index (Phi) is 51.0. The van der Waals surface area contributed by atoms with E-state index in [2.05, 4.69) is 83.0 Å². The molecule has 0 aromatic heterocycles. The normalized spacial score (nSPS) is 12.6. The number of rotatable bonds is 54. The lowest BCUT2D eigenvalue weighted by atomic mass is 9.96. The first-order chi connectivity index (χ1) is 35.2. The van der Waals surface area contributed by atoms with Crippen molar-refractivity contribution in [3.05, 3.63) is 24.3 Å². The smallest absolute Gasteiger partial charge is 0.305 e. The number of hydrogen-bond acceptors (Lipinski definition) is 9. The molecule has 2 amide bonds.